The molecule has 0 saturated carbocycles. The Morgan fingerprint density at radius 3 is 2.19 bits per heavy atom. The van der Waals surface area contributed by atoms with Crippen LogP contribution in [0.2, 0.25) is 0 Å². The predicted octanol–water partition coefficient (Wildman–Crippen LogP) is 10.1. The summed E-state index contributed by atoms with van der Waals surface area (Å²) >= 11 is 1.87. The molecule has 2 N–H and O–H groups in total. The summed E-state index contributed by atoms with van der Waals surface area (Å²) in [4.78, 5) is 0. The Kier molecular flexibility index (Phi) is 5.50. The third kappa shape index (κ3) is 4.39. The number of rotatable bonds is 5. The number of hydrazone groups is 1. The summed E-state index contributed by atoms with van der Waals surface area (Å²) in [6, 6.07) is 44.3. The average Bonchev–Trinajstić information content (AvgIpc) is 3.84. The molecule has 0 saturated heterocycles. The number of hydrogen-bond acceptors (Lipinski definition) is 4. The van der Waals surface area contributed by atoms with Gasteiger partial charge in [0.25, 0.3) is 0 Å². The van der Waals surface area contributed by atoms with Gasteiger partial charge in [-0.2, -0.15) is 5.10 Å². The van der Waals surface area contributed by atoms with Gasteiger partial charge in [-0.05, 0) is 81.1 Å². The summed E-state index contributed by atoms with van der Waals surface area (Å²) in [5, 5.41) is 15.9. The quantitative estimate of drug-likeness (QED) is 0.217. The van der Waals surface area contributed by atoms with Gasteiger partial charge < -0.3 is 5.32 Å². The first-order chi connectivity index (χ1) is 21.2. The van der Waals surface area contributed by atoms with Crippen molar-refractivity contribution in [2.45, 2.75) is 12.5 Å². The van der Waals surface area contributed by atoms with Crippen LogP contribution in [-0.2, 0) is 0 Å². The van der Waals surface area contributed by atoms with Crippen molar-refractivity contribution < 1.29 is 0 Å². The molecule has 9 rings (SSSR count). The molecule has 7 aromatic rings. The second-order valence-electron chi connectivity index (χ2n) is 11.4. The van der Waals surface area contributed by atoms with E-state index in [-0.39, 0.29) is 6.04 Å². The molecule has 204 valence electrons. The number of nitrogens with one attached hydrogen (secondary N) is 2. The predicted molar refractivity (Wildman–Crippen MR) is 185 cm³/mol. The Bertz CT molecular complexity index is 2340. The fourth-order valence-corrected chi connectivity index (χ4v) is 7.63. The van der Waals surface area contributed by atoms with E-state index < -0.39 is 0 Å². The van der Waals surface area contributed by atoms with Gasteiger partial charge in [0.05, 0.1) is 0 Å². The maximum Gasteiger partial charge on any atom is 0.173 e. The molecule has 0 spiro atoms. The minimum atomic E-state index is 0.110. The average molecular weight is 570 g/mol. The molecule has 2 aliphatic rings. The van der Waals surface area contributed by atoms with Crippen molar-refractivity contribution in [3.63, 3.8) is 0 Å². The second-order valence-corrected chi connectivity index (χ2v) is 12.5. The van der Waals surface area contributed by atoms with E-state index in [0.29, 0.717) is 0 Å². The lowest BCUT2D eigenvalue weighted by Crippen LogP contribution is -2.22. The Balaban J connectivity index is 1.12. The molecule has 1 aliphatic carbocycles. The third-order valence-electron chi connectivity index (χ3n) is 8.68. The standard InChI is InChI=1S/C39H27N3S/c1-2-8-25-17-29(14-13-24(25)7-1)35-21-26-9-3-4-10-27(26)22-36(35)40-32-19-30(18-31(20-32)39-41-42-39)28-15-16-34-33-11-5-6-12-37(33)43-38(34)23-28/h1-18,20-23,32,40H,19H2,(H,41,42). The van der Waals surface area contributed by atoms with E-state index in [2.05, 4.69) is 149 Å². The summed E-state index contributed by atoms with van der Waals surface area (Å²) in [6.07, 6.45) is 5.51. The van der Waals surface area contributed by atoms with E-state index in [1.807, 2.05) is 11.3 Å². The molecule has 1 atom stereocenters. The van der Waals surface area contributed by atoms with Gasteiger partial charge >= 0.3 is 0 Å². The number of amidine groups is 1. The van der Waals surface area contributed by atoms with Crippen molar-refractivity contribution in [2.24, 2.45) is 5.10 Å². The van der Waals surface area contributed by atoms with Crippen LogP contribution in [0.15, 0.2) is 144 Å². The van der Waals surface area contributed by atoms with Crippen LogP contribution in [0.3, 0.4) is 0 Å². The van der Waals surface area contributed by atoms with Crippen LogP contribution in [0.25, 0.3) is 58.4 Å². The Morgan fingerprint density at radius 1 is 0.651 bits per heavy atom. The zero-order chi connectivity index (χ0) is 28.3. The summed E-state index contributed by atoms with van der Waals surface area (Å²) in [6.45, 7) is 0. The fourth-order valence-electron chi connectivity index (χ4n) is 6.49. The highest BCUT2D eigenvalue weighted by atomic mass is 32.1. The molecule has 1 unspecified atom stereocenters. The van der Waals surface area contributed by atoms with E-state index >= 15 is 0 Å². The molecular formula is C39H27N3S. The van der Waals surface area contributed by atoms with E-state index in [4.69, 9.17) is 0 Å². The lowest BCUT2D eigenvalue weighted by atomic mass is 9.89. The molecule has 0 radical (unpaired) electrons. The smallest absolute Gasteiger partial charge is 0.173 e. The van der Waals surface area contributed by atoms with Crippen LogP contribution in [-0.4, -0.2) is 11.9 Å². The minimum Gasteiger partial charge on any atom is -0.378 e. The van der Waals surface area contributed by atoms with Crippen LogP contribution >= 0.6 is 11.3 Å². The molecule has 6 aromatic carbocycles. The van der Waals surface area contributed by atoms with Crippen molar-refractivity contribution in [1.82, 2.24) is 5.43 Å². The summed E-state index contributed by atoms with van der Waals surface area (Å²) in [7, 11) is 0. The summed E-state index contributed by atoms with van der Waals surface area (Å²) < 4.78 is 2.66. The van der Waals surface area contributed by atoms with E-state index in [1.54, 1.807) is 0 Å². The number of hydrogen-bond donors (Lipinski definition) is 2. The molecule has 4 heteroatoms. The number of benzene rings is 6. The van der Waals surface area contributed by atoms with Gasteiger partial charge in [-0.3, -0.25) is 5.43 Å². The lowest BCUT2D eigenvalue weighted by Gasteiger charge is -2.25. The maximum absolute atomic E-state index is 4.34. The topological polar surface area (TPSA) is 46.3 Å². The monoisotopic (exact) mass is 569 g/mol. The molecule has 43 heavy (non-hydrogen) atoms. The first kappa shape index (κ1) is 24.4. The van der Waals surface area contributed by atoms with Crippen LogP contribution in [0, 0.1) is 0 Å². The van der Waals surface area contributed by atoms with Crippen LogP contribution < -0.4 is 10.7 Å². The molecule has 0 fully saturated rings. The Hall–Kier alpha value is -5.19. The van der Waals surface area contributed by atoms with E-state index in [1.165, 1.54) is 64.0 Å². The first-order valence-corrected chi connectivity index (χ1v) is 15.5. The van der Waals surface area contributed by atoms with Gasteiger partial charge in [-0.1, -0.05) is 97.1 Å². The second kappa shape index (κ2) is 9.69. The van der Waals surface area contributed by atoms with Gasteiger partial charge in [-0.15, -0.1) is 11.3 Å². The normalized spacial score (nSPS) is 16.2. The molecule has 0 bridgehead atoms. The summed E-state index contributed by atoms with van der Waals surface area (Å²) in [5.74, 6) is 0.959. The number of fused-ring (bicyclic) bond motifs is 5. The van der Waals surface area contributed by atoms with Crippen molar-refractivity contribution in [3.8, 4) is 11.1 Å². The molecule has 3 nitrogen and oxygen atoms in total. The van der Waals surface area contributed by atoms with Crippen molar-refractivity contribution >= 4 is 70.2 Å². The first-order valence-electron chi connectivity index (χ1n) is 14.7. The largest absolute Gasteiger partial charge is 0.378 e. The molecule has 1 aliphatic heterocycles. The van der Waals surface area contributed by atoms with Crippen LogP contribution in [0.4, 0.5) is 5.69 Å². The van der Waals surface area contributed by atoms with Gasteiger partial charge in [0.2, 0.25) is 0 Å². The van der Waals surface area contributed by atoms with Crippen LogP contribution in [0.1, 0.15) is 12.0 Å². The van der Waals surface area contributed by atoms with E-state index in [9.17, 15) is 0 Å². The zero-order valence-corrected chi connectivity index (χ0v) is 24.2. The SMILES string of the molecule is C1=C(C2=NN2)C=C(c2ccc3c(c2)sc2ccccc23)CC1Nc1cc2ccccc2cc1-c1ccc2ccccc2c1. The molecule has 1 aromatic heterocycles. The molecule has 0 amide bonds. The Labute approximate surface area is 253 Å². The molecular weight excluding hydrogens is 543 g/mol. The fraction of sp³-hybridized carbons (Fsp3) is 0.0513. The minimum absolute atomic E-state index is 0.110. The Morgan fingerprint density at radius 2 is 1.35 bits per heavy atom. The number of thiophene rings is 1. The third-order valence-corrected chi connectivity index (χ3v) is 9.82. The van der Waals surface area contributed by atoms with Crippen molar-refractivity contribution in [2.75, 3.05) is 5.32 Å². The van der Waals surface area contributed by atoms with Gasteiger partial charge in [0, 0.05) is 43.0 Å². The van der Waals surface area contributed by atoms with Crippen molar-refractivity contribution in [1.29, 1.82) is 0 Å². The number of anilines is 1. The van der Waals surface area contributed by atoms with Gasteiger partial charge in [0.1, 0.15) is 0 Å². The van der Waals surface area contributed by atoms with Crippen molar-refractivity contribution in [3.05, 3.63) is 145 Å². The lowest BCUT2D eigenvalue weighted by molar-refractivity contribution is 0.894. The highest BCUT2D eigenvalue weighted by Crippen LogP contribution is 2.39. The number of nitrogens with zero attached hydrogens (tertiary/aromatic N) is 1. The van der Waals surface area contributed by atoms with Gasteiger partial charge in [0.15, 0.2) is 5.84 Å². The summed E-state index contributed by atoms with van der Waals surface area (Å²) in [5.41, 5.74) is 10.4. The molecule has 2 heterocycles. The highest BCUT2D eigenvalue weighted by Gasteiger charge is 2.24. The van der Waals surface area contributed by atoms with Gasteiger partial charge in [-0.25, -0.2) is 0 Å². The van der Waals surface area contributed by atoms with Crippen LogP contribution in [0.5, 0.6) is 0 Å². The zero-order valence-electron chi connectivity index (χ0n) is 23.3. The highest BCUT2D eigenvalue weighted by molar-refractivity contribution is 7.25. The maximum atomic E-state index is 4.34. The van der Waals surface area contributed by atoms with E-state index in [0.717, 1.165) is 23.5 Å².